The highest BCUT2D eigenvalue weighted by Crippen LogP contribution is 2.15. The Morgan fingerprint density at radius 1 is 1.21 bits per heavy atom. The van der Waals surface area contributed by atoms with E-state index >= 15 is 0 Å². The third-order valence-corrected chi connectivity index (χ3v) is 4.22. The largest absolute Gasteiger partial charge is 0.371 e. The van der Waals surface area contributed by atoms with Gasteiger partial charge in [-0.05, 0) is 25.5 Å². The minimum atomic E-state index is -0.121. The first-order chi connectivity index (χ1) is 11.7. The molecule has 0 aromatic carbocycles. The Kier molecular flexibility index (Phi) is 5.90. The molecule has 7 nitrogen and oxygen atoms in total. The molecule has 3 heterocycles. The second-order valence-electron chi connectivity index (χ2n) is 6.06. The third-order valence-electron chi connectivity index (χ3n) is 4.22. The minimum Gasteiger partial charge on any atom is -0.371 e. The van der Waals surface area contributed by atoms with Crippen LogP contribution in [0.25, 0.3) is 0 Å². The summed E-state index contributed by atoms with van der Waals surface area (Å²) in [5, 5.41) is 4.02. The van der Waals surface area contributed by atoms with Gasteiger partial charge in [0.05, 0.1) is 6.54 Å². The van der Waals surface area contributed by atoms with Gasteiger partial charge in [-0.25, -0.2) is 0 Å². The van der Waals surface area contributed by atoms with Gasteiger partial charge < -0.3 is 9.26 Å². The maximum atomic E-state index is 5.49. The van der Waals surface area contributed by atoms with Crippen molar-refractivity contribution in [3.8, 4) is 0 Å². The number of ether oxygens (including phenoxy) is 1. The van der Waals surface area contributed by atoms with Crippen molar-refractivity contribution in [1.29, 1.82) is 0 Å². The first kappa shape index (κ1) is 17.0. The number of pyridine rings is 1. The van der Waals surface area contributed by atoms with Crippen LogP contribution in [0.4, 0.5) is 0 Å². The third kappa shape index (κ3) is 4.59. The molecular formula is C17H25N5O2. The predicted molar refractivity (Wildman–Crippen MR) is 89.1 cm³/mol. The van der Waals surface area contributed by atoms with Crippen LogP contribution < -0.4 is 0 Å². The van der Waals surface area contributed by atoms with Crippen molar-refractivity contribution in [2.45, 2.75) is 33.0 Å². The van der Waals surface area contributed by atoms with E-state index in [0.717, 1.165) is 32.7 Å². The van der Waals surface area contributed by atoms with Gasteiger partial charge in [0.1, 0.15) is 6.10 Å². The number of aromatic nitrogens is 3. The Hall–Kier alpha value is -1.83. The van der Waals surface area contributed by atoms with E-state index in [0.29, 0.717) is 24.9 Å². The molecule has 2 aromatic rings. The molecule has 0 radical (unpaired) electrons. The van der Waals surface area contributed by atoms with Crippen LogP contribution in [0, 0.1) is 0 Å². The van der Waals surface area contributed by atoms with Crippen molar-refractivity contribution in [2.24, 2.45) is 0 Å². The number of piperazine rings is 1. The molecule has 1 saturated heterocycles. The Balaban J connectivity index is 1.45. The Morgan fingerprint density at radius 2 is 1.96 bits per heavy atom. The van der Waals surface area contributed by atoms with E-state index in [2.05, 4.69) is 31.0 Å². The van der Waals surface area contributed by atoms with E-state index in [1.165, 1.54) is 5.56 Å². The molecule has 1 fully saturated rings. The molecule has 0 amide bonds. The fourth-order valence-electron chi connectivity index (χ4n) is 2.87. The Morgan fingerprint density at radius 3 is 2.62 bits per heavy atom. The van der Waals surface area contributed by atoms with E-state index < -0.39 is 0 Å². The predicted octanol–water partition coefficient (Wildman–Crippen LogP) is 1.88. The second-order valence-corrected chi connectivity index (χ2v) is 6.06. The van der Waals surface area contributed by atoms with Crippen molar-refractivity contribution in [2.75, 3.05) is 32.8 Å². The van der Waals surface area contributed by atoms with Crippen LogP contribution in [-0.2, 0) is 17.8 Å². The summed E-state index contributed by atoms with van der Waals surface area (Å²) < 4.78 is 10.8. The lowest BCUT2D eigenvalue weighted by Crippen LogP contribution is -2.45. The lowest BCUT2D eigenvalue weighted by atomic mass is 10.2. The van der Waals surface area contributed by atoms with Crippen LogP contribution in [0.15, 0.2) is 29.0 Å². The topological polar surface area (TPSA) is 67.5 Å². The zero-order valence-electron chi connectivity index (χ0n) is 14.4. The van der Waals surface area contributed by atoms with Crippen molar-refractivity contribution in [1.82, 2.24) is 24.9 Å². The highest BCUT2D eigenvalue weighted by Gasteiger charge is 2.20. The highest BCUT2D eigenvalue weighted by molar-refractivity contribution is 5.08. The average Bonchev–Trinajstić information content (AvgIpc) is 3.06. The van der Waals surface area contributed by atoms with E-state index in [4.69, 9.17) is 9.26 Å². The molecule has 130 valence electrons. The van der Waals surface area contributed by atoms with Crippen molar-refractivity contribution < 1.29 is 9.26 Å². The molecule has 0 aliphatic carbocycles. The van der Waals surface area contributed by atoms with Crippen LogP contribution in [0.2, 0.25) is 0 Å². The summed E-state index contributed by atoms with van der Waals surface area (Å²) in [6.45, 7) is 10.3. The summed E-state index contributed by atoms with van der Waals surface area (Å²) in [5.41, 5.74) is 1.26. The molecule has 0 bridgehead atoms. The van der Waals surface area contributed by atoms with Gasteiger partial charge in [-0.3, -0.25) is 14.8 Å². The molecule has 0 saturated carbocycles. The summed E-state index contributed by atoms with van der Waals surface area (Å²) in [5.74, 6) is 1.29. The smallest absolute Gasteiger partial charge is 0.240 e. The lowest BCUT2D eigenvalue weighted by molar-refractivity contribution is 0.0683. The number of nitrogens with zero attached hydrogens (tertiary/aromatic N) is 5. The molecule has 0 unspecified atom stereocenters. The minimum absolute atomic E-state index is 0.121. The van der Waals surface area contributed by atoms with Gasteiger partial charge in [-0.15, -0.1) is 0 Å². The quantitative estimate of drug-likeness (QED) is 0.767. The average molecular weight is 331 g/mol. The number of rotatable bonds is 7. The fraction of sp³-hybridized carbons (Fsp3) is 0.588. The monoisotopic (exact) mass is 331 g/mol. The van der Waals surface area contributed by atoms with Gasteiger partial charge in [-0.2, -0.15) is 4.98 Å². The van der Waals surface area contributed by atoms with Crippen LogP contribution >= 0.6 is 0 Å². The Bertz CT molecular complexity index is 610. The SMILES string of the molecule is CCO[C@H](C)c1noc(CN2CCN(Cc3cccnc3)CC2)n1. The molecule has 1 atom stereocenters. The van der Waals surface area contributed by atoms with Crippen LogP contribution in [0.1, 0.15) is 37.2 Å². The maximum absolute atomic E-state index is 5.49. The maximum Gasteiger partial charge on any atom is 0.240 e. The molecule has 24 heavy (non-hydrogen) atoms. The Labute approximate surface area is 142 Å². The normalized spacial score (nSPS) is 17.9. The second kappa shape index (κ2) is 8.32. The van der Waals surface area contributed by atoms with E-state index in [-0.39, 0.29) is 6.10 Å². The molecule has 1 aliphatic rings. The summed E-state index contributed by atoms with van der Waals surface area (Å²) in [4.78, 5) is 13.4. The van der Waals surface area contributed by atoms with Crippen LogP contribution in [0.5, 0.6) is 0 Å². The summed E-state index contributed by atoms with van der Waals surface area (Å²) in [7, 11) is 0. The first-order valence-corrected chi connectivity index (χ1v) is 8.52. The zero-order valence-corrected chi connectivity index (χ0v) is 14.4. The zero-order chi connectivity index (χ0) is 16.8. The van der Waals surface area contributed by atoms with E-state index in [9.17, 15) is 0 Å². The van der Waals surface area contributed by atoms with Gasteiger partial charge in [-0.1, -0.05) is 11.2 Å². The highest BCUT2D eigenvalue weighted by atomic mass is 16.5. The van der Waals surface area contributed by atoms with Crippen molar-refractivity contribution in [3.63, 3.8) is 0 Å². The summed E-state index contributed by atoms with van der Waals surface area (Å²) in [6, 6.07) is 4.11. The molecule has 1 aliphatic heterocycles. The summed E-state index contributed by atoms with van der Waals surface area (Å²) in [6.07, 6.45) is 3.63. The summed E-state index contributed by atoms with van der Waals surface area (Å²) >= 11 is 0. The van der Waals surface area contributed by atoms with Gasteiger partial charge in [0.25, 0.3) is 0 Å². The van der Waals surface area contributed by atoms with Crippen LogP contribution in [0.3, 0.4) is 0 Å². The number of hydrogen-bond acceptors (Lipinski definition) is 7. The van der Waals surface area contributed by atoms with Gasteiger partial charge in [0.2, 0.25) is 5.89 Å². The lowest BCUT2D eigenvalue weighted by Gasteiger charge is -2.33. The molecule has 3 rings (SSSR count). The molecular weight excluding hydrogens is 306 g/mol. The van der Waals surface area contributed by atoms with Gasteiger partial charge >= 0.3 is 0 Å². The van der Waals surface area contributed by atoms with E-state index in [1.54, 1.807) is 0 Å². The van der Waals surface area contributed by atoms with E-state index in [1.807, 2.05) is 32.3 Å². The molecule has 7 heteroatoms. The van der Waals surface area contributed by atoms with Crippen molar-refractivity contribution >= 4 is 0 Å². The standard InChI is InChI=1S/C17H25N5O2/c1-3-23-14(2)17-19-16(24-20-17)13-22-9-7-21(8-10-22)12-15-5-4-6-18-11-15/h4-6,11,14H,3,7-10,12-13H2,1-2H3/t14-/m1/s1. The van der Waals surface area contributed by atoms with Gasteiger partial charge in [0.15, 0.2) is 5.82 Å². The molecule has 0 N–H and O–H groups in total. The molecule has 0 spiro atoms. The fourth-order valence-corrected chi connectivity index (χ4v) is 2.87. The first-order valence-electron chi connectivity index (χ1n) is 8.52. The van der Waals surface area contributed by atoms with Crippen LogP contribution in [-0.4, -0.2) is 57.7 Å². The number of hydrogen-bond donors (Lipinski definition) is 0. The molecule has 2 aromatic heterocycles. The van der Waals surface area contributed by atoms with Gasteiger partial charge in [0, 0.05) is 51.7 Å². The van der Waals surface area contributed by atoms with Crippen molar-refractivity contribution in [3.05, 3.63) is 41.8 Å².